The van der Waals surface area contributed by atoms with Crippen LogP contribution in [-0.2, 0) is 0 Å². The topological polar surface area (TPSA) is 87.7 Å². The van der Waals surface area contributed by atoms with Crippen molar-refractivity contribution in [2.75, 3.05) is 11.9 Å². The molecule has 27 heavy (non-hydrogen) atoms. The van der Waals surface area contributed by atoms with Crippen LogP contribution in [0.2, 0.25) is 0 Å². The molecule has 3 N–H and O–H groups in total. The Kier molecular flexibility index (Phi) is 7.99. The van der Waals surface area contributed by atoms with E-state index in [1.807, 2.05) is 22.6 Å². The monoisotopic (exact) mass is 498 g/mol. The molecule has 0 aliphatic heterocycles. The summed E-state index contributed by atoms with van der Waals surface area (Å²) in [5.74, 6) is -0.876. The minimum absolute atomic E-state index is 0.0148. The van der Waals surface area contributed by atoms with E-state index < -0.39 is 11.9 Å². The summed E-state index contributed by atoms with van der Waals surface area (Å²) >= 11 is 7.17. The van der Waals surface area contributed by atoms with E-state index >= 15 is 0 Å². The lowest BCUT2D eigenvalue weighted by Gasteiger charge is -2.12. The highest BCUT2D eigenvalue weighted by Gasteiger charge is 2.14. The zero-order valence-electron chi connectivity index (χ0n) is 14.6. The summed E-state index contributed by atoms with van der Waals surface area (Å²) in [6.45, 7) is 2.66. The number of carbonyl (C=O) groups excluding carboxylic acids is 1. The normalized spacial score (nSPS) is 10.1. The van der Waals surface area contributed by atoms with Crippen LogP contribution in [-0.4, -0.2) is 28.7 Å². The smallest absolute Gasteiger partial charge is 0.337 e. The molecule has 0 saturated carbocycles. The number of aromatic carboxylic acids is 1. The van der Waals surface area contributed by atoms with Gasteiger partial charge < -0.3 is 15.2 Å². The molecular formula is C19H19IN2O4S. The Balaban J connectivity index is 2.03. The average molecular weight is 498 g/mol. The summed E-state index contributed by atoms with van der Waals surface area (Å²) in [5, 5.41) is 14.6. The van der Waals surface area contributed by atoms with Crippen molar-refractivity contribution in [2.24, 2.45) is 0 Å². The molecule has 0 aliphatic carbocycles. The lowest BCUT2D eigenvalue weighted by Crippen LogP contribution is -2.34. The third kappa shape index (κ3) is 6.47. The third-order valence-electron chi connectivity index (χ3n) is 3.55. The molecule has 0 atom stereocenters. The minimum atomic E-state index is -1.08. The number of ether oxygens (including phenoxy) is 1. The summed E-state index contributed by atoms with van der Waals surface area (Å²) in [7, 11) is 0. The molecule has 0 aromatic heterocycles. The summed E-state index contributed by atoms with van der Waals surface area (Å²) in [6.07, 6.45) is 1.96. The fourth-order valence-electron chi connectivity index (χ4n) is 2.19. The highest BCUT2D eigenvalue weighted by molar-refractivity contribution is 14.1. The molecule has 0 unspecified atom stereocenters. The predicted molar refractivity (Wildman–Crippen MR) is 117 cm³/mol. The number of hydrogen-bond donors (Lipinski definition) is 3. The number of benzene rings is 2. The number of thiocarbonyl (C=S) groups is 1. The van der Waals surface area contributed by atoms with Crippen LogP contribution in [0.1, 0.15) is 40.5 Å². The standard InChI is InChI=1S/C19H19IN2O4S/c1-2-3-9-26-14-6-4-5-12(10-14)17(23)22-19(27)21-16-8-7-13(20)11-15(16)18(24)25/h4-8,10-11H,2-3,9H2,1H3,(H,24,25)(H2,21,22,23,27). The Morgan fingerprint density at radius 2 is 2.00 bits per heavy atom. The molecule has 0 saturated heterocycles. The minimum Gasteiger partial charge on any atom is -0.494 e. The average Bonchev–Trinajstić information content (AvgIpc) is 2.63. The van der Waals surface area contributed by atoms with Gasteiger partial charge in [0.05, 0.1) is 17.9 Å². The lowest BCUT2D eigenvalue weighted by atomic mass is 10.2. The van der Waals surface area contributed by atoms with Crippen LogP contribution in [0.25, 0.3) is 0 Å². The van der Waals surface area contributed by atoms with Gasteiger partial charge in [0.25, 0.3) is 5.91 Å². The molecule has 2 rings (SSSR count). The van der Waals surface area contributed by atoms with Crippen molar-refractivity contribution in [3.05, 3.63) is 57.2 Å². The van der Waals surface area contributed by atoms with Gasteiger partial charge in [-0.15, -0.1) is 0 Å². The van der Waals surface area contributed by atoms with E-state index in [9.17, 15) is 14.7 Å². The Bertz CT molecular complexity index is 857. The first-order chi connectivity index (χ1) is 12.9. The quantitative estimate of drug-likeness (QED) is 0.300. The number of rotatable bonds is 7. The van der Waals surface area contributed by atoms with Crippen LogP contribution < -0.4 is 15.4 Å². The van der Waals surface area contributed by atoms with Gasteiger partial charge >= 0.3 is 5.97 Å². The highest BCUT2D eigenvalue weighted by Crippen LogP contribution is 2.19. The van der Waals surface area contributed by atoms with Gasteiger partial charge in [-0.3, -0.25) is 10.1 Å². The van der Waals surface area contributed by atoms with Crippen molar-refractivity contribution in [2.45, 2.75) is 19.8 Å². The van der Waals surface area contributed by atoms with Crippen molar-refractivity contribution in [3.63, 3.8) is 0 Å². The molecule has 1 amide bonds. The van der Waals surface area contributed by atoms with E-state index in [0.717, 1.165) is 16.4 Å². The summed E-state index contributed by atoms with van der Waals surface area (Å²) < 4.78 is 6.38. The van der Waals surface area contributed by atoms with Crippen molar-refractivity contribution in [3.8, 4) is 5.75 Å². The summed E-state index contributed by atoms with van der Waals surface area (Å²) in [6, 6.07) is 11.7. The molecule has 142 valence electrons. The van der Waals surface area contributed by atoms with Gasteiger partial charge in [0.15, 0.2) is 5.11 Å². The zero-order chi connectivity index (χ0) is 19.8. The molecule has 2 aromatic rings. The number of hydrogen-bond acceptors (Lipinski definition) is 4. The molecular weight excluding hydrogens is 479 g/mol. The fourth-order valence-corrected chi connectivity index (χ4v) is 2.89. The first-order valence-corrected chi connectivity index (χ1v) is 9.77. The second-order valence-electron chi connectivity index (χ2n) is 5.63. The van der Waals surface area contributed by atoms with Crippen LogP contribution in [0, 0.1) is 3.57 Å². The number of carboxylic acid groups (broad SMARTS) is 1. The van der Waals surface area contributed by atoms with Gasteiger partial charge in [0, 0.05) is 9.13 Å². The van der Waals surface area contributed by atoms with Crippen LogP contribution in [0.5, 0.6) is 5.75 Å². The summed E-state index contributed by atoms with van der Waals surface area (Å²) in [5.41, 5.74) is 0.781. The van der Waals surface area contributed by atoms with Crippen LogP contribution in [0.15, 0.2) is 42.5 Å². The fraction of sp³-hybridized carbons (Fsp3) is 0.211. The molecule has 0 bridgehead atoms. The predicted octanol–water partition coefficient (Wildman–Crippen LogP) is 4.30. The van der Waals surface area contributed by atoms with Crippen molar-refractivity contribution in [1.82, 2.24) is 5.32 Å². The van der Waals surface area contributed by atoms with Crippen LogP contribution >= 0.6 is 34.8 Å². The van der Waals surface area contributed by atoms with Crippen molar-refractivity contribution in [1.29, 1.82) is 0 Å². The Labute approximate surface area is 176 Å². The SMILES string of the molecule is CCCCOc1cccc(C(=O)NC(=S)Nc2ccc(I)cc2C(=O)O)c1. The van der Waals surface area contributed by atoms with Gasteiger partial charge in [-0.1, -0.05) is 19.4 Å². The second kappa shape index (κ2) is 10.2. The van der Waals surface area contributed by atoms with E-state index in [1.165, 1.54) is 6.07 Å². The van der Waals surface area contributed by atoms with Gasteiger partial charge in [-0.05, 0) is 77.6 Å². The number of carboxylic acids is 1. The Hall–Kier alpha value is -2.20. The maximum absolute atomic E-state index is 12.4. The van der Waals surface area contributed by atoms with E-state index in [-0.39, 0.29) is 10.7 Å². The summed E-state index contributed by atoms with van der Waals surface area (Å²) in [4.78, 5) is 23.7. The molecule has 0 radical (unpaired) electrons. The Morgan fingerprint density at radius 1 is 1.22 bits per heavy atom. The van der Waals surface area contributed by atoms with E-state index in [4.69, 9.17) is 17.0 Å². The molecule has 0 aliphatic rings. The molecule has 0 heterocycles. The van der Waals surface area contributed by atoms with Gasteiger partial charge in [0.1, 0.15) is 5.75 Å². The molecule has 0 fully saturated rings. The number of carbonyl (C=O) groups is 2. The van der Waals surface area contributed by atoms with Gasteiger partial charge in [-0.2, -0.15) is 0 Å². The maximum Gasteiger partial charge on any atom is 0.337 e. The van der Waals surface area contributed by atoms with Gasteiger partial charge in [0.2, 0.25) is 0 Å². The lowest BCUT2D eigenvalue weighted by molar-refractivity contribution is 0.0697. The molecule has 2 aromatic carbocycles. The molecule has 8 heteroatoms. The number of halogens is 1. The zero-order valence-corrected chi connectivity index (χ0v) is 17.6. The molecule has 6 nitrogen and oxygen atoms in total. The third-order valence-corrected chi connectivity index (χ3v) is 4.43. The number of unbranched alkanes of at least 4 members (excludes halogenated alkanes) is 1. The maximum atomic E-state index is 12.4. The van der Waals surface area contributed by atoms with Crippen LogP contribution in [0.3, 0.4) is 0 Å². The van der Waals surface area contributed by atoms with E-state index in [0.29, 0.717) is 23.6 Å². The van der Waals surface area contributed by atoms with E-state index in [2.05, 4.69) is 17.6 Å². The van der Waals surface area contributed by atoms with Crippen LogP contribution in [0.4, 0.5) is 5.69 Å². The van der Waals surface area contributed by atoms with Crippen molar-refractivity contribution >= 4 is 57.5 Å². The van der Waals surface area contributed by atoms with Gasteiger partial charge in [-0.25, -0.2) is 4.79 Å². The number of anilines is 1. The first-order valence-electron chi connectivity index (χ1n) is 8.28. The number of amides is 1. The highest BCUT2D eigenvalue weighted by atomic mass is 127. The van der Waals surface area contributed by atoms with E-state index in [1.54, 1.807) is 36.4 Å². The number of nitrogens with one attached hydrogen (secondary N) is 2. The van der Waals surface area contributed by atoms with Crippen molar-refractivity contribution < 1.29 is 19.4 Å². The largest absolute Gasteiger partial charge is 0.494 e. The molecule has 0 spiro atoms. The Morgan fingerprint density at radius 3 is 2.70 bits per heavy atom. The first kappa shape index (κ1) is 21.1. The second-order valence-corrected chi connectivity index (χ2v) is 7.29.